The molecule has 0 unspecified atom stereocenters. The lowest BCUT2D eigenvalue weighted by atomic mass is 9.77. The Balaban J connectivity index is 1.43. The Morgan fingerprint density at radius 3 is 2.62 bits per heavy atom. The number of benzene rings is 1. The molecule has 1 N–H and O–H groups in total. The number of aliphatic hydroxyl groups is 1. The number of likely N-dealkylation sites (tertiary alicyclic amines) is 1. The first kappa shape index (κ1) is 22.4. The summed E-state index contributed by atoms with van der Waals surface area (Å²) >= 11 is 0. The quantitative estimate of drug-likeness (QED) is 0.780. The molecule has 2 aromatic rings. The van der Waals surface area contributed by atoms with Gasteiger partial charge in [0, 0.05) is 38.7 Å². The van der Waals surface area contributed by atoms with Crippen molar-refractivity contribution in [1.82, 2.24) is 15.0 Å². The summed E-state index contributed by atoms with van der Waals surface area (Å²) < 4.78 is 25.3. The number of carbonyl (C=O) groups is 2. The van der Waals surface area contributed by atoms with Crippen LogP contribution in [0.1, 0.15) is 43.7 Å². The highest BCUT2D eigenvalue weighted by atomic mass is 19.1. The predicted molar refractivity (Wildman–Crippen MR) is 113 cm³/mol. The SMILES string of the molecule is CC(=O)N(C)[C@H]1CC2(CCN(C(=O)c3cc(-c4ccccc4F)no3)CC2)OC[C@]1(C)O. The molecule has 32 heavy (non-hydrogen) atoms. The van der Waals surface area contributed by atoms with Crippen molar-refractivity contribution in [3.63, 3.8) is 0 Å². The third-order valence-corrected chi connectivity index (χ3v) is 6.75. The third-order valence-electron chi connectivity index (χ3n) is 6.75. The number of ether oxygens (including phenoxy) is 1. The van der Waals surface area contributed by atoms with Crippen LogP contribution in [-0.4, -0.2) is 75.9 Å². The predicted octanol–water partition coefficient (Wildman–Crippen LogP) is 2.47. The fourth-order valence-electron chi connectivity index (χ4n) is 4.59. The van der Waals surface area contributed by atoms with Crippen LogP contribution in [0.4, 0.5) is 4.39 Å². The van der Waals surface area contributed by atoms with Crippen molar-refractivity contribution >= 4 is 11.8 Å². The molecule has 172 valence electrons. The van der Waals surface area contributed by atoms with Gasteiger partial charge in [-0.15, -0.1) is 0 Å². The minimum Gasteiger partial charge on any atom is -0.386 e. The topological polar surface area (TPSA) is 96.1 Å². The summed E-state index contributed by atoms with van der Waals surface area (Å²) in [5.74, 6) is -0.804. The van der Waals surface area contributed by atoms with E-state index < -0.39 is 17.0 Å². The normalized spacial score (nSPS) is 25.0. The number of hydrogen-bond donors (Lipinski definition) is 1. The van der Waals surface area contributed by atoms with Crippen LogP contribution in [0.25, 0.3) is 11.3 Å². The lowest BCUT2D eigenvalue weighted by Gasteiger charge is -2.52. The molecule has 2 atom stereocenters. The zero-order valence-electron chi connectivity index (χ0n) is 18.5. The number of likely N-dealkylation sites (N-methyl/N-ethyl adjacent to an activating group) is 1. The molecule has 1 aromatic heterocycles. The molecule has 4 rings (SSSR count). The highest BCUT2D eigenvalue weighted by Gasteiger charge is 2.50. The summed E-state index contributed by atoms with van der Waals surface area (Å²) in [5.41, 5.74) is -1.10. The largest absolute Gasteiger partial charge is 0.386 e. The van der Waals surface area contributed by atoms with Crippen molar-refractivity contribution in [2.75, 3.05) is 26.7 Å². The van der Waals surface area contributed by atoms with Crippen LogP contribution in [0, 0.1) is 5.82 Å². The van der Waals surface area contributed by atoms with Crippen molar-refractivity contribution < 1.29 is 28.3 Å². The van der Waals surface area contributed by atoms with Crippen molar-refractivity contribution in [2.45, 2.75) is 50.4 Å². The Labute approximate surface area is 185 Å². The summed E-state index contributed by atoms with van der Waals surface area (Å²) in [5, 5.41) is 14.6. The van der Waals surface area contributed by atoms with E-state index in [1.54, 1.807) is 42.0 Å². The van der Waals surface area contributed by atoms with Crippen LogP contribution in [-0.2, 0) is 9.53 Å². The lowest BCUT2D eigenvalue weighted by molar-refractivity contribution is -0.207. The van der Waals surface area contributed by atoms with Gasteiger partial charge in [-0.25, -0.2) is 4.39 Å². The average Bonchev–Trinajstić information content (AvgIpc) is 3.25. The van der Waals surface area contributed by atoms with Gasteiger partial charge >= 0.3 is 0 Å². The zero-order chi connectivity index (χ0) is 23.1. The van der Waals surface area contributed by atoms with Gasteiger partial charge in [-0.2, -0.15) is 0 Å². The number of rotatable bonds is 3. The Kier molecular flexibility index (Phi) is 5.81. The molecule has 0 saturated carbocycles. The van der Waals surface area contributed by atoms with E-state index in [1.165, 1.54) is 19.1 Å². The molecule has 0 bridgehead atoms. The number of piperidine rings is 1. The smallest absolute Gasteiger partial charge is 0.292 e. The van der Waals surface area contributed by atoms with Gasteiger partial charge in [0.2, 0.25) is 11.7 Å². The van der Waals surface area contributed by atoms with Gasteiger partial charge in [-0.1, -0.05) is 17.3 Å². The minimum atomic E-state index is -1.14. The summed E-state index contributed by atoms with van der Waals surface area (Å²) in [6.45, 7) is 4.16. The molecule has 3 heterocycles. The number of hydrogen-bond acceptors (Lipinski definition) is 6. The average molecular weight is 445 g/mol. The van der Waals surface area contributed by atoms with Gasteiger partial charge < -0.3 is 24.2 Å². The second-order valence-electron chi connectivity index (χ2n) is 9.03. The maximum Gasteiger partial charge on any atom is 0.292 e. The molecule has 2 aliphatic rings. The second-order valence-corrected chi connectivity index (χ2v) is 9.03. The van der Waals surface area contributed by atoms with E-state index in [0.717, 1.165) is 0 Å². The van der Waals surface area contributed by atoms with E-state index in [-0.39, 0.29) is 41.5 Å². The van der Waals surface area contributed by atoms with Crippen LogP contribution >= 0.6 is 0 Å². The molecular weight excluding hydrogens is 417 g/mol. The van der Waals surface area contributed by atoms with Crippen LogP contribution in [0.15, 0.2) is 34.9 Å². The van der Waals surface area contributed by atoms with E-state index in [1.807, 2.05) is 0 Å². The number of halogens is 1. The molecular formula is C23H28FN3O5. The molecule has 0 radical (unpaired) electrons. The van der Waals surface area contributed by atoms with Gasteiger partial charge in [0.1, 0.15) is 17.1 Å². The maximum absolute atomic E-state index is 14.0. The molecule has 2 fully saturated rings. The summed E-state index contributed by atoms with van der Waals surface area (Å²) in [6.07, 6.45) is 1.65. The Morgan fingerprint density at radius 2 is 1.97 bits per heavy atom. The Morgan fingerprint density at radius 1 is 1.28 bits per heavy atom. The highest BCUT2D eigenvalue weighted by molar-refractivity contribution is 5.92. The van der Waals surface area contributed by atoms with Crippen LogP contribution in [0.3, 0.4) is 0 Å². The standard InChI is InChI=1S/C23H28FN3O5/c1-15(28)26(3)20-13-23(31-14-22(20,2)30)8-10-27(11-9-23)21(29)19-12-18(25-32-19)16-6-4-5-7-17(16)24/h4-7,12,20,30H,8-11,13-14H2,1-3H3/t20-,22-/m0/s1. The van der Waals surface area contributed by atoms with Crippen LogP contribution < -0.4 is 0 Å². The summed E-state index contributed by atoms with van der Waals surface area (Å²) in [4.78, 5) is 28.1. The van der Waals surface area contributed by atoms with Gasteiger partial charge in [-0.05, 0) is 38.3 Å². The van der Waals surface area contributed by atoms with Crippen molar-refractivity contribution in [3.05, 3.63) is 41.9 Å². The van der Waals surface area contributed by atoms with Gasteiger partial charge in [0.05, 0.1) is 18.2 Å². The minimum absolute atomic E-state index is 0.0564. The second kappa shape index (κ2) is 8.29. The molecule has 8 nitrogen and oxygen atoms in total. The van der Waals surface area contributed by atoms with E-state index in [0.29, 0.717) is 32.4 Å². The van der Waals surface area contributed by atoms with Crippen molar-refractivity contribution in [3.8, 4) is 11.3 Å². The molecule has 2 saturated heterocycles. The number of amides is 2. The Hall–Kier alpha value is -2.78. The molecule has 0 aliphatic carbocycles. The molecule has 1 spiro atoms. The van der Waals surface area contributed by atoms with Crippen LogP contribution in [0.5, 0.6) is 0 Å². The van der Waals surface area contributed by atoms with Crippen molar-refractivity contribution in [2.24, 2.45) is 0 Å². The van der Waals surface area contributed by atoms with E-state index in [4.69, 9.17) is 9.26 Å². The third kappa shape index (κ3) is 4.14. The summed E-state index contributed by atoms with van der Waals surface area (Å²) in [6, 6.07) is 7.27. The highest BCUT2D eigenvalue weighted by Crippen LogP contribution is 2.40. The molecule has 2 aliphatic heterocycles. The van der Waals surface area contributed by atoms with E-state index in [9.17, 15) is 19.1 Å². The molecule has 9 heteroatoms. The van der Waals surface area contributed by atoms with Crippen molar-refractivity contribution in [1.29, 1.82) is 0 Å². The first-order chi connectivity index (χ1) is 15.1. The van der Waals surface area contributed by atoms with Gasteiger partial charge in [-0.3, -0.25) is 9.59 Å². The fraction of sp³-hybridized carbons (Fsp3) is 0.522. The maximum atomic E-state index is 14.0. The summed E-state index contributed by atoms with van der Waals surface area (Å²) in [7, 11) is 1.69. The number of carbonyl (C=O) groups excluding carboxylic acids is 2. The first-order valence-corrected chi connectivity index (χ1v) is 10.7. The number of aromatic nitrogens is 1. The van der Waals surface area contributed by atoms with Crippen LogP contribution in [0.2, 0.25) is 0 Å². The lowest BCUT2D eigenvalue weighted by Crippen LogP contribution is -2.64. The van der Waals surface area contributed by atoms with Gasteiger partial charge in [0.25, 0.3) is 5.91 Å². The van der Waals surface area contributed by atoms with Gasteiger partial charge in [0.15, 0.2) is 0 Å². The first-order valence-electron chi connectivity index (χ1n) is 10.7. The van der Waals surface area contributed by atoms with E-state index in [2.05, 4.69) is 5.16 Å². The molecule has 2 amide bonds. The fourth-order valence-corrected chi connectivity index (χ4v) is 4.59. The Bertz CT molecular complexity index is 1010. The monoisotopic (exact) mass is 445 g/mol. The molecule has 1 aromatic carbocycles. The zero-order valence-corrected chi connectivity index (χ0v) is 18.5. The number of nitrogens with zero attached hydrogens (tertiary/aromatic N) is 3. The van der Waals surface area contributed by atoms with E-state index >= 15 is 0 Å².